The zero-order chi connectivity index (χ0) is 26.8. The number of aliphatic carboxylic acids is 3. The highest BCUT2D eigenvalue weighted by molar-refractivity contribution is 8.03. The Kier molecular flexibility index (Phi) is 10.4. The molecule has 1 aromatic carbocycles. The van der Waals surface area contributed by atoms with Crippen molar-refractivity contribution in [1.82, 2.24) is 19.7 Å². The van der Waals surface area contributed by atoms with Crippen LogP contribution in [0.25, 0.3) is 0 Å². The molecular weight excluding hydrogens is 498 g/mol. The van der Waals surface area contributed by atoms with Gasteiger partial charge in [-0.3, -0.25) is 34.1 Å². The first-order chi connectivity index (χ1) is 17.7. The fraction of sp³-hybridized carbons (Fsp3) is 0.400. The van der Waals surface area contributed by atoms with Gasteiger partial charge in [-0.2, -0.15) is 5.26 Å². The Balaban J connectivity index is 1.98. The third kappa shape index (κ3) is 9.47. The van der Waals surface area contributed by atoms with Crippen molar-refractivity contribution >= 4 is 29.7 Å². The van der Waals surface area contributed by atoms with E-state index in [0.29, 0.717) is 24.4 Å². The van der Waals surface area contributed by atoms with Crippen LogP contribution in [0.2, 0.25) is 0 Å². The number of thiocyanates is 1. The second-order valence-corrected chi connectivity index (χ2v) is 9.71. The van der Waals surface area contributed by atoms with Gasteiger partial charge < -0.3 is 15.3 Å². The van der Waals surface area contributed by atoms with Crippen LogP contribution < -0.4 is 0 Å². The Hall–Kier alpha value is -3.50. The number of hydrogen-bond acceptors (Lipinski definition) is 9. The molecule has 12 heteroatoms. The Morgan fingerprint density at radius 2 is 1.49 bits per heavy atom. The van der Waals surface area contributed by atoms with Gasteiger partial charge in [0.2, 0.25) is 0 Å². The van der Waals surface area contributed by atoms with Crippen molar-refractivity contribution < 1.29 is 29.7 Å². The average Bonchev–Trinajstić information content (AvgIpc) is 2.81. The second-order valence-electron chi connectivity index (χ2n) is 8.85. The van der Waals surface area contributed by atoms with Crippen LogP contribution in [0.5, 0.6) is 0 Å². The lowest BCUT2D eigenvalue weighted by atomic mass is 10.0. The number of hydrogen-bond donors (Lipinski definition) is 3. The fourth-order valence-electron chi connectivity index (χ4n) is 4.37. The number of rotatable bonds is 9. The third-order valence-corrected chi connectivity index (χ3v) is 6.55. The zero-order valence-electron chi connectivity index (χ0n) is 20.2. The van der Waals surface area contributed by atoms with Gasteiger partial charge in [0, 0.05) is 43.7 Å². The molecule has 1 aliphatic heterocycles. The van der Waals surface area contributed by atoms with Crippen LogP contribution in [0.3, 0.4) is 0 Å². The van der Waals surface area contributed by atoms with Crippen LogP contribution >= 0.6 is 11.8 Å². The van der Waals surface area contributed by atoms with Crippen molar-refractivity contribution in [3.05, 3.63) is 59.4 Å². The SMILES string of the molecule is N#CSc1ccc(C[C@H]2CN(CC(=O)O)CCN(CC(=O)O)Cc3cccc(n3)CN2CC(=O)O)cc1. The number of benzene rings is 1. The molecule has 1 aromatic heterocycles. The molecular formula is C25H29N5O6S. The summed E-state index contributed by atoms with van der Waals surface area (Å²) in [6.45, 7) is 0.614. The molecule has 0 aliphatic carbocycles. The van der Waals surface area contributed by atoms with Gasteiger partial charge in [-0.25, -0.2) is 0 Å². The first kappa shape index (κ1) is 28.1. The number of carbonyl (C=O) groups is 3. The molecule has 0 spiro atoms. The first-order valence-electron chi connectivity index (χ1n) is 11.7. The molecule has 196 valence electrons. The van der Waals surface area contributed by atoms with Crippen LogP contribution in [-0.2, 0) is 33.9 Å². The predicted molar refractivity (Wildman–Crippen MR) is 135 cm³/mol. The number of pyridine rings is 1. The third-order valence-electron chi connectivity index (χ3n) is 5.95. The van der Waals surface area contributed by atoms with Gasteiger partial charge in [-0.1, -0.05) is 18.2 Å². The van der Waals surface area contributed by atoms with E-state index in [-0.39, 0.29) is 51.9 Å². The summed E-state index contributed by atoms with van der Waals surface area (Å²) in [5.74, 6) is -3.02. The smallest absolute Gasteiger partial charge is 0.317 e. The highest BCUT2D eigenvalue weighted by atomic mass is 32.2. The van der Waals surface area contributed by atoms with Gasteiger partial charge in [-0.05, 0) is 48.0 Å². The van der Waals surface area contributed by atoms with Crippen molar-refractivity contribution in [2.75, 3.05) is 39.3 Å². The molecule has 0 saturated heterocycles. The van der Waals surface area contributed by atoms with E-state index in [0.717, 1.165) is 22.2 Å². The summed E-state index contributed by atoms with van der Waals surface area (Å²) in [5.41, 5.74) is 2.21. The molecule has 0 radical (unpaired) electrons. The minimum absolute atomic E-state index is 0.214. The average molecular weight is 528 g/mol. The van der Waals surface area contributed by atoms with Crippen molar-refractivity contribution in [2.24, 2.45) is 0 Å². The maximum atomic E-state index is 11.8. The molecule has 2 heterocycles. The van der Waals surface area contributed by atoms with Crippen LogP contribution in [0.1, 0.15) is 17.0 Å². The van der Waals surface area contributed by atoms with Crippen LogP contribution in [0.15, 0.2) is 47.4 Å². The van der Waals surface area contributed by atoms with Crippen molar-refractivity contribution in [2.45, 2.75) is 30.4 Å². The van der Waals surface area contributed by atoms with E-state index in [1.807, 2.05) is 35.7 Å². The number of fused-ring (bicyclic) bond motifs is 2. The van der Waals surface area contributed by atoms with Gasteiger partial charge in [0.05, 0.1) is 31.0 Å². The topological polar surface area (TPSA) is 158 Å². The minimum atomic E-state index is -1.02. The van der Waals surface area contributed by atoms with E-state index in [2.05, 4.69) is 4.98 Å². The molecule has 37 heavy (non-hydrogen) atoms. The van der Waals surface area contributed by atoms with Crippen LogP contribution in [0.4, 0.5) is 0 Å². The van der Waals surface area contributed by atoms with Crippen molar-refractivity contribution in [3.8, 4) is 5.40 Å². The van der Waals surface area contributed by atoms with Crippen LogP contribution in [-0.4, -0.2) is 98.2 Å². The number of carboxylic acid groups (broad SMARTS) is 3. The Morgan fingerprint density at radius 1 is 0.892 bits per heavy atom. The molecule has 2 bridgehead atoms. The summed E-state index contributed by atoms with van der Waals surface area (Å²) in [6, 6.07) is 12.4. The largest absolute Gasteiger partial charge is 0.480 e. The zero-order valence-corrected chi connectivity index (χ0v) is 21.0. The summed E-state index contributed by atoms with van der Waals surface area (Å²) < 4.78 is 0. The van der Waals surface area contributed by atoms with E-state index >= 15 is 0 Å². The van der Waals surface area contributed by atoms with E-state index in [9.17, 15) is 29.7 Å². The van der Waals surface area contributed by atoms with E-state index in [1.54, 1.807) is 26.8 Å². The van der Waals surface area contributed by atoms with Gasteiger partial charge in [0.15, 0.2) is 0 Å². The van der Waals surface area contributed by atoms with Gasteiger partial charge in [0.25, 0.3) is 0 Å². The molecule has 0 unspecified atom stereocenters. The standard InChI is InChI=1S/C25H29N5O6S/c26-17-37-22-6-4-18(5-7-22)10-21-13-29(15-24(33)34)9-8-28(14-23(31)32)11-19-2-1-3-20(27-19)12-30(21)16-25(35)36/h1-7,21H,8-16H2,(H,31,32)(H,33,34)(H,35,36)/t21-/m0/s1. The fourth-order valence-corrected chi connectivity index (χ4v) is 4.75. The molecule has 0 saturated carbocycles. The van der Waals surface area contributed by atoms with E-state index in [1.165, 1.54) is 0 Å². The summed E-state index contributed by atoms with van der Waals surface area (Å²) in [6.07, 6.45) is 0.444. The number of carboxylic acids is 3. The Labute approximate surface area is 218 Å². The Morgan fingerprint density at radius 3 is 2.11 bits per heavy atom. The predicted octanol–water partition coefficient (Wildman–Crippen LogP) is 1.44. The summed E-state index contributed by atoms with van der Waals surface area (Å²) >= 11 is 1.04. The number of nitrogens with zero attached hydrogens (tertiary/aromatic N) is 5. The highest BCUT2D eigenvalue weighted by Crippen LogP contribution is 2.20. The summed E-state index contributed by atoms with van der Waals surface area (Å²) in [4.78, 5) is 45.6. The number of nitriles is 1. The maximum Gasteiger partial charge on any atom is 0.317 e. The van der Waals surface area contributed by atoms with Crippen molar-refractivity contribution in [3.63, 3.8) is 0 Å². The molecule has 1 aliphatic rings. The van der Waals surface area contributed by atoms with E-state index in [4.69, 9.17) is 5.26 Å². The lowest BCUT2D eigenvalue weighted by molar-refractivity contribution is -0.141. The summed E-state index contributed by atoms with van der Waals surface area (Å²) in [7, 11) is 0. The number of thioether (sulfide) groups is 1. The molecule has 11 nitrogen and oxygen atoms in total. The molecule has 0 fully saturated rings. The molecule has 2 aromatic rings. The van der Waals surface area contributed by atoms with Gasteiger partial charge in [-0.15, -0.1) is 0 Å². The monoisotopic (exact) mass is 527 g/mol. The van der Waals surface area contributed by atoms with Gasteiger partial charge >= 0.3 is 17.9 Å². The molecule has 1 atom stereocenters. The summed E-state index contributed by atoms with van der Waals surface area (Å²) in [5, 5.41) is 39.5. The lowest BCUT2D eigenvalue weighted by Crippen LogP contribution is -2.50. The lowest BCUT2D eigenvalue weighted by Gasteiger charge is -2.35. The van der Waals surface area contributed by atoms with E-state index < -0.39 is 17.9 Å². The normalized spacial score (nSPS) is 17.8. The highest BCUT2D eigenvalue weighted by Gasteiger charge is 2.27. The van der Waals surface area contributed by atoms with Crippen LogP contribution in [0, 0.1) is 10.7 Å². The quantitative estimate of drug-likeness (QED) is 0.319. The van der Waals surface area contributed by atoms with Crippen molar-refractivity contribution in [1.29, 1.82) is 5.26 Å². The Bertz CT molecular complexity index is 1140. The van der Waals surface area contributed by atoms with Gasteiger partial charge in [0.1, 0.15) is 5.40 Å². The first-order valence-corrected chi connectivity index (χ1v) is 12.5. The number of aromatic nitrogens is 1. The minimum Gasteiger partial charge on any atom is -0.480 e. The molecule has 0 amide bonds. The molecule has 3 rings (SSSR count). The molecule has 3 N–H and O–H groups in total. The maximum absolute atomic E-state index is 11.8. The second kappa shape index (κ2) is 13.7.